The summed E-state index contributed by atoms with van der Waals surface area (Å²) in [5.41, 5.74) is 3.23. The summed E-state index contributed by atoms with van der Waals surface area (Å²) in [6.45, 7) is 2.97. The average molecular weight is 672 g/mol. The Bertz CT molecular complexity index is 1780. The van der Waals surface area contributed by atoms with Crippen molar-refractivity contribution >= 4 is 55.6 Å². The van der Waals surface area contributed by atoms with E-state index in [9.17, 15) is 26.8 Å². The van der Waals surface area contributed by atoms with Gasteiger partial charge in [0.05, 0.1) is 52.7 Å². The number of carbonyl (C=O) groups excluding carboxylic acids is 2. The number of rotatable bonds is 10. The molecule has 3 fully saturated rings. The second-order valence-corrected chi connectivity index (χ2v) is 14.5. The van der Waals surface area contributed by atoms with Crippen molar-refractivity contribution in [3.63, 3.8) is 0 Å². The molecule has 0 bridgehead atoms. The van der Waals surface area contributed by atoms with Crippen LogP contribution in [-0.4, -0.2) is 81.5 Å². The molecule has 1 aromatic heterocycles. The number of esters is 1. The number of halogens is 2. The molecule has 0 atom stereocenters. The van der Waals surface area contributed by atoms with E-state index in [-0.39, 0.29) is 43.8 Å². The highest BCUT2D eigenvalue weighted by Gasteiger charge is 2.44. The van der Waals surface area contributed by atoms with Crippen molar-refractivity contribution in [2.45, 2.75) is 51.4 Å². The third kappa shape index (κ3) is 7.43. The van der Waals surface area contributed by atoms with Gasteiger partial charge in [-0.15, -0.1) is 0 Å². The van der Waals surface area contributed by atoms with Gasteiger partial charge in [-0.05, 0) is 74.4 Å². The number of carbonyl (C=O) groups is 2. The maximum absolute atomic E-state index is 14.1. The van der Waals surface area contributed by atoms with Crippen molar-refractivity contribution in [2.75, 3.05) is 65.0 Å². The van der Waals surface area contributed by atoms with Gasteiger partial charge in [0.25, 0.3) is 11.8 Å². The van der Waals surface area contributed by atoms with Crippen LogP contribution in [0.1, 0.15) is 66.2 Å². The number of pyridine rings is 1. The van der Waals surface area contributed by atoms with Gasteiger partial charge < -0.3 is 25.0 Å². The lowest BCUT2D eigenvalue weighted by atomic mass is 9.93. The molecule has 6 rings (SSSR count). The molecule has 3 N–H and O–H groups in total. The second-order valence-electron chi connectivity index (χ2n) is 12.7. The summed E-state index contributed by atoms with van der Waals surface area (Å²) in [5, 5.41) is 12.7. The Morgan fingerprint density at radius 2 is 1.60 bits per heavy atom. The van der Waals surface area contributed by atoms with Crippen molar-refractivity contribution in [3.05, 3.63) is 53.7 Å². The van der Waals surface area contributed by atoms with Crippen molar-refractivity contribution < 1.29 is 36.6 Å². The summed E-state index contributed by atoms with van der Waals surface area (Å²) < 4.78 is 60.5. The van der Waals surface area contributed by atoms with E-state index < -0.39 is 40.2 Å². The largest absolute Gasteiger partial charge is 0.462 e. The number of nitrogens with zero attached hydrogens (tertiary/aromatic N) is 3. The Balaban J connectivity index is 1.35. The lowest BCUT2D eigenvalue weighted by molar-refractivity contribution is -0.0220. The fraction of sp³-hybridized carbons (Fsp3) is 0.485. The van der Waals surface area contributed by atoms with Gasteiger partial charge in [-0.2, -0.15) is 0 Å². The Kier molecular flexibility index (Phi) is 9.00. The fourth-order valence-corrected chi connectivity index (χ4v) is 7.27. The summed E-state index contributed by atoms with van der Waals surface area (Å²) >= 11 is 0. The number of hydrogen-bond donors (Lipinski definition) is 3. The predicted octanol–water partition coefficient (Wildman–Crippen LogP) is 5.01. The van der Waals surface area contributed by atoms with Crippen LogP contribution in [0.3, 0.4) is 0 Å². The molecule has 11 nitrogen and oxygen atoms in total. The lowest BCUT2D eigenvalue weighted by Gasteiger charge is -2.35. The summed E-state index contributed by atoms with van der Waals surface area (Å²) in [6.07, 6.45) is 5.11. The number of benzene rings is 2. The number of anilines is 4. The zero-order valence-electron chi connectivity index (χ0n) is 26.2. The van der Waals surface area contributed by atoms with Crippen molar-refractivity contribution in [2.24, 2.45) is 5.41 Å². The van der Waals surface area contributed by atoms with Gasteiger partial charge in [-0.3, -0.25) is 14.5 Å². The first-order valence-electron chi connectivity index (χ1n) is 16.0. The van der Waals surface area contributed by atoms with E-state index in [1.54, 1.807) is 37.3 Å². The van der Waals surface area contributed by atoms with Crippen LogP contribution in [-0.2, 0) is 14.8 Å². The molecule has 1 spiro atoms. The highest BCUT2D eigenvalue weighted by molar-refractivity contribution is 7.92. The molecule has 47 heavy (non-hydrogen) atoms. The number of ether oxygens (including phenoxy) is 1. The molecule has 2 saturated heterocycles. The molecule has 3 heterocycles. The first kappa shape index (κ1) is 32.9. The molecule has 0 radical (unpaired) electrons. The van der Waals surface area contributed by atoms with Crippen molar-refractivity contribution in [1.29, 1.82) is 0 Å². The number of hydrogen-bond acceptors (Lipinski definition) is 9. The van der Waals surface area contributed by atoms with Gasteiger partial charge >= 0.3 is 5.97 Å². The minimum absolute atomic E-state index is 0.0923. The van der Waals surface area contributed by atoms with Crippen LogP contribution in [0.25, 0.3) is 10.9 Å². The smallest absolute Gasteiger partial charge is 0.339 e. The van der Waals surface area contributed by atoms with E-state index in [0.717, 1.165) is 25.9 Å². The molecule has 2 aromatic carbocycles. The van der Waals surface area contributed by atoms with Crippen molar-refractivity contribution in [1.82, 2.24) is 4.98 Å². The van der Waals surface area contributed by atoms with Crippen LogP contribution in [0, 0.1) is 5.41 Å². The highest BCUT2D eigenvalue weighted by Crippen LogP contribution is 2.54. The second kappa shape index (κ2) is 12.9. The highest BCUT2D eigenvalue weighted by atomic mass is 32.2. The molecule has 0 unspecified atom stereocenters. The summed E-state index contributed by atoms with van der Waals surface area (Å²) in [4.78, 5) is 34.9. The molecule has 1 amide bonds. The van der Waals surface area contributed by atoms with Gasteiger partial charge in [0.2, 0.25) is 10.0 Å². The standard InChI is InChI=1S/C33H39F2N5O6S/c1-2-46-31(43)23-17-22-18-25(20-28(29(22)36-21-23)40-13-9-33(34,35)10-14-40)37-30(42)26-4-3-24(38-47(44,45)16-15-41)19-27(26)39-11-7-32(5-6-32)8-12-39/h3-4,17-21,38,41H,2,5-16H2,1H3,(H,37,42). The summed E-state index contributed by atoms with van der Waals surface area (Å²) in [5.74, 6) is -4.21. The molecule has 3 aromatic rings. The molecular formula is C33H39F2N5O6S. The number of amides is 1. The first-order valence-corrected chi connectivity index (χ1v) is 17.6. The van der Waals surface area contributed by atoms with Gasteiger partial charge in [-0.25, -0.2) is 22.0 Å². The van der Waals surface area contributed by atoms with Crippen LogP contribution < -0.4 is 19.8 Å². The average Bonchev–Trinajstić information content (AvgIpc) is 3.79. The third-order valence-electron chi connectivity index (χ3n) is 9.37. The number of sulfonamides is 1. The van der Waals surface area contributed by atoms with Gasteiger partial charge in [0.1, 0.15) is 0 Å². The molecule has 252 valence electrons. The topological polar surface area (TPSA) is 141 Å². The van der Waals surface area contributed by atoms with Crippen molar-refractivity contribution in [3.8, 4) is 0 Å². The summed E-state index contributed by atoms with van der Waals surface area (Å²) in [7, 11) is -3.79. The molecule has 14 heteroatoms. The predicted molar refractivity (Wildman–Crippen MR) is 176 cm³/mol. The Morgan fingerprint density at radius 1 is 0.936 bits per heavy atom. The number of alkyl halides is 2. The third-order valence-corrected chi connectivity index (χ3v) is 10.6. The maximum Gasteiger partial charge on any atom is 0.339 e. The van der Waals surface area contributed by atoms with E-state index in [0.29, 0.717) is 38.9 Å². The Hall–Kier alpha value is -4.04. The summed E-state index contributed by atoms with van der Waals surface area (Å²) in [6, 6.07) is 9.71. The Morgan fingerprint density at radius 3 is 2.26 bits per heavy atom. The van der Waals surface area contributed by atoms with E-state index >= 15 is 0 Å². The number of nitrogens with one attached hydrogen (secondary N) is 2. The number of piperidine rings is 2. The number of aliphatic hydroxyl groups is 1. The van der Waals surface area contributed by atoms with E-state index in [2.05, 4.69) is 19.9 Å². The fourth-order valence-electron chi connectivity index (χ4n) is 6.44. The zero-order valence-corrected chi connectivity index (χ0v) is 27.0. The quantitative estimate of drug-likeness (QED) is 0.254. The number of aliphatic hydroxyl groups excluding tert-OH is 1. The number of fused-ring (bicyclic) bond motifs is 1. The minimum Gasteiger partial charge on any atom is -0.462 e. The molecule has 3 aliphatic rings. The van der Waals surface area contributed by atoms with E-state index in [4.69, 9.17) is 9.84 Å². The first-order chi connectivity index (χ1) is 22.4. The van der Waals surface area contributed by atoms with Gasteiger partial charge in [0, 0.05) is 56.3 Å². The monoisotopic (exact) mass is 671 g/mol. The van der Waals surface area contributed by atoms with Crippen LogP contribution >= 0.6 is 0 Å². The molecule has 1 saturated carbocycles. The Labute approximate surface area is 272 Å². The molecular weight excluding hydrogens is 632 g/mol. The van der Waals surface area contributed by atoms with Crippen LogP contribution in [0.5, 0.6) is 0 Å². The minimum atomic E-state index is -3.79. The van der Waals surface area contributed by atoms with E-state index in [1.165, 1.54) is 25.1 Å². The van der Waals surface area contributed by atoms with Gasteiger partial charge in [-0.1, -0.05) is 0 Å². The zero-order chi connectivity index (χ0) is 33.4. The molecule has 2 aliphatic heterocycles. The van der Waals surface area contributed by atoms with Crippen LogP contribution in [0.15, 0.2) is 42.6 Å². The molecule has 1 aliphatic carbocycles. The van der Waals surface area contributed by atoms with Crippen LogP contribution in [0.4, 0.5) is 31.5 Å². The normalized spacial score (nSPS) is 18.6. The number of aromatic nitrogens is 1. The van der Waals surface area contributed by atoms with Gasteiger partial charge in [0.15, 0.2) is 0 Å². The lowest BCUT2D eigenvalue weighted by Crippen LogP contribution is -2.39. The van der Waals surface area contributed by atoms with Crippen LogP contribution in [0.2, 0.25) is 0 Å². The van der Waals surface area contributed by atoms with E-state index in [1.807, 2.05) is 4.90 Å². The SMILES string of the molecule is CCOC(=O)c1cnc2c(N3CCC(F)(F)CC3)cc(NC(=O)c3ccc(NS(=O)(=O)CCO)cc3N3CCC4(CC3)CC4)cc2c1. The maximum atomic E-state index is 14.1.